The molecular formula is C25H27FN4O4. The highest BCUT2D eigenvalue weighted by Crippen LogP contribution is 2.32. The minimum atomic E-state index is -0.915. The molecule has 0 bridgehead atoms. The summed E-state index contributed by atoms with van der Waals surface area (Å²) in [5, 5.41) is 5.39. The van der Waals surface area contributed by atoms with E-state index in [1.54, 1.807) is 18.2 Å². The molecule has 2 saturated heterocycles. The first-order valence-corrected chi connectivity index (χ1v) is 11.3. The monoisotopic (exact) mass is 469 g/mol. The predicted octanol–water partition coefficient (Wildman–Crippen LogP) is 2.03. The number of carbonyl (C=O) groups is 3. The van der Waals surface area contributed by atoms with Crippen molar-refractivity contribution in [2.24, 2.45) is 0 Å². The number of anilines is 1. The van der Waals surface area contributed by atoms with Crippen molar-refractivity contribution in [2.75, 3.05) is 31.6 Å². The molecule has 5 rings (SSSR count). The number of nitrogens with zero attached hydrogens (tertiary/aromatic N) is 2. The first-order chi connectivity index (χ1) is 17.8. The SMILES string of the molecule is [2H]c1c([2H])c(CN2CCOCC2)c([2H])c(CNc2cccc3c2CN(C2CCC(=O)NC2=O)C3=O)c1F. The van der Waals surface area contributed by atoms with E-state index in [-0.39, 0.29) is 61.9 Å². The number of fused-ring (bicyclic) bond motifs is 1. The Morgan fingerprint density at radius 3 is 2.82 bits per heavy atom. The Morgan fingerprint density at radius 2 is 2.03 bits per heavy atom. The molecule has 178 valence electrons. The largest absolute Gasteiger partial charge is 0.381 e. The van der Waals surface area contributed by atoms with Crippen LogP contribution in [0.4, 0.5) is 10.1 Å². The highest BCUT2D eigenvalue weighted by Gasteiger charge is 2.39. The topological polar surface area (TPSA) is 91.0 Å². The van der Waals surface area contributed by atoms with E-state index in [2.05, 4.69) is 10.6 Å². The molecule has 8 nitrogen and oxygen atoms in total. The number of carbonyl (C=O) groups excluding carboxylic acids is 3. The molecule has 0 saturated carbocycles. The Kier molecular flexibility index (Phi) is 5.33. The van der Waals surface area contributed by atoms with Gasteiger partial charge in [-0.05, 0) is 36.2 Å². The summed E-state index contributed by atoms with van der Waals surface area (Å²) in [4.78, 5) is 40.4. The molecule has 0 radical (unpaired) electrons. The molecule has 3 amide bonds. The average Bonchev–Trinajstić information content (AvgIpc) is 3.23. The van der Waals surface area contributed by atoms with Crippen molar-refractivity contribution in [1.82, 2.24) is 15.1 Å². The summed E-state index contributed by atoms with van der Waals surface area (Å²) >= 11 is 0. The van der Waals surface area contributed by atoms with Crippen LogP contribution >= 0.6 is 0 Å². The van der Waals surface area contributed by atoms with Gasteiger partial charge < -0.3 is 15.0 Å². The normalized spacial score (nSPS) is 22.1. The standard InChI is InChI=1S/C25H27FN4O4/c26-20-5-4-16(14-29-8-10-34-11-9-29)12-17(20)13-27-21-3-1-2-18-19(21)15-30(25(18)33)22-6-7-23(31)28-24(22)32/h1-5,12,22,27H,6-11,13-15H2,(H,28,31,32)/i4D,5D,12D. The number of benzene rings is 2. The van der Waals surface area contributed by atoms with Gasteiger partial charge >= 0.3 is 0 Å². The summed E-state index contributed by atoms with van der Waals surface area (Å²) in [7, 11) is 0. The highest BCUT2D eigenvalue weighted by atomic mass is 19.1. The Labute approximate surface area is 201 Å². The zero-order valence-electron chi connectivity index (χ0n) is 21.6. The minimum absolute atomic E-state index is 0.0202. The summed E-state index contributed by atoms with van der Waals surface area (Å²) in [6, 6.07) is 3.36. The van der Waals surface area contributed by atoms with Crippen LogP contribution in [-0.2, 0) is 34.0 Å². The summed E-state index contributed by atoms with van der Waals surface area (Å²) in [6.45, 7) is 2.63. The predicted molar refractivity (Wildman–Crippen MR) is 122 cm³/mol. The number of imide groups is 1. The number of nitrogens with one attached hydrogen (secondary N) is 2. The zero-order valence-corrected chi connectivity index (χ0v) is 18.6. The maximum atomic E-state index is 15.1. The lowest BCUT2D eigenvalue weighted by Crippen LogP contribution is -2.52. The van der Waals surface area contributed by atoms with E-state index < -0.39 is 23.8 Å². The average molecular weight is 470 g/mol. The third-order valence-corrected chi connectivity index (χ3v) is 6.41. The molecule has 2 aromatic rings. The number of piperidine rings is 1. The van der Waals surface area contributed by atoms with E-state index in [4.69, 9.17) is 8.85 Å². The number of amides is 3. The molecule has 0 spiro atoms. The second-order valence-corrected chi connectivity index (χ2v) is 8.62. The molecule has 3 aliphatic rings. The lowest BCUT2D eigenvalue weighted by Gasteiger charge is -2.29. The van der Waals surface area contributed by atoms with E-state index in [1.807, 2.05) is 4.90 Å². The van der Waals surface area contributed by atoms with Crippen LogP contribution in [0.1, 0.15) is 44.0 Å². The van der Waals surface area contributed by atoms with Crippen molar-refractivity contribution in [1.29, 1.82) is 0 Å². The number of ether oxygens (including phenoxy) is 1. The highest BCUT2D eigenvalue weighted by molar-refractivity contribution is 6.06. The lowest BCUT2D eigenvalue weighted by atomic mass is 10.0. The summed E-state index contributed by atoms with van der Waals surface area (Å²) in [5.74, 6) is -2.09. The first kappa shape index (κ1) is 19.1. The van der Waals surface area contributed by atoms with Gasteiger partial charge in [-0.1, -0.05) is 12.1 Å². The number of rotatable bonds is 6. The van der Waals surface area contributed by atoms with Crippen LogP contribution in [0.3, 0.4) is 0 Å². The van der Waals surface area contributed by atoms with Crippen LogP contribution in [0.2, 0.25) is 0 Å². The second-order valence-electron chi connectivity index (χ2n) is 8.62. The van der Waals surface area contributed by atoms with Gasteiger partial charge in [0, 0.05) is 61.5 Å². The molecule has 34 heavy (non-hydrogen) atoms. The molecule has 9 heteroatoms. The molecule has 1 atom stereocenters. The fraction of sp³-hybridized carbons (Fsp3) is 0.400. The molecule has 3 heterocycles. The van der Waals surface area contributed by atoms with Crippen molar-refractivity contribution >= 4 is 23.4 Å². The molecular weight excluding hydrogens is 439 g/mol. The smallest absolute Gasteiger partial charge is 0.255 e. The Hall–Kier alpha value is -3.30. The number of hydrogen-bond acceptors (Lipinski definition) is 6. The van der Waals surface area contributed by atoms with Crippen molar-refractivity contribution < 1.29 is 27.6 Å². The number of halogens is 1. The quantitative estimate of drug-likeness (QED) is 0.630. The van der Waals surface area contributed by atoms with Crippen molar-refractivity contribution in [3.63, 3.8) is 0 Å². The van der Waals surface area contributed by atoms with Gasteiger partial charge in [0.1, 0.15) is 11.9 Å². The second kappa shape index (κ2) is 9.52. The zero-order chi connectivity index (χ0) is 26.3. The lowest BCUT2D eigenvalue weighted by molar-refractivity contribution is -0.136. The molecule has 2 N–H and O–H groups in total. The maximum Gasteiger partial charge on any atom is 0.255 e. The molecule has 2 aromatic carbocycles. The van der Waals surface area contributed by atoms with Crippen molar-refractivity contribution in [3.05, 3.63) is 64.4 Å². The van der Waals surface area contributed by atoms with Crippen LogP contribution in [0.25, 0.3) is 0 Å². The minimum Gasteiger partial charge on any atom is -0.381 e. The van der Waals surface area contributed by atoms with Gasteiger partial charge in [-0.15, -0.1) is 0 Å². The number of hydrogen-bond donors (Lipinski definition) is 2. The van der Waals surface area contributed by atoms with Crippen LogP contribution in [-0.4, -0.2) is 59.9 Å². The van der Waals surface area contributed by atoms with Crippen molar-refractivity contribution in [2.45, 2.75) is 38.5 Å². The van der Waals surface area contributed by atoms with Crippen LogP contribution in [0.5, 0.6) is 0 Å². The molecule has 2 fully saturated rings. The molecule has 0 aliphatic carbocycles. The van der Waals surface area contributed by atoms with Crippen LogP contribution in [0.15, 0.2) is 36.3 Å². The van der Waals surface area contributed by atoms with Crippen LogP contribution < -0.4 is 10.6 Å². The molecule has 3 aliphatic heterocycles. The van der Waals surface area contributed by atoms with E-state index in [9.17, 15) is 14.4 Å². The van der Waals surface area contributed by atoms with E-state index in [0.717, 1.165) is 0 Å². The molecule has 1 unspecified atom stereocenters. The van der Waals surface area contributed by atoms with E-state index >= 15 is 4.39 Å². The van der Waals surface area contributed by atoms with Gasteiger partial charge in [-0.3, -0.25) is 24.6 Å². The third-order valence-electron chi connectivity index (χ3n) is 6.41. The van der Waals surface area contributed by atoms with Crippen LogP contribution in [0, 0.1) is 5.82 Å². The van der Waals surface area contributed by atoms with Gasteiger partial charge in [0.05, 0.1) is 17.3 Å². The maximum absolute atomic E-state index is 15.1. The summed E-state index contributed by atoms with van der Waals surface area (Å²) < 4.78 is 45.4. The van der Waals surface area contributed by atoms with Crippen molar-refractivity contribution in [3.8, 4) is 0 Å². The Balaban J connectivity index is 1.38. The van der Waals surface area contributed by atoms with Gasteiger partial charge in [0.15, 0.2) is 0 Å². The Bertz CT molecular complexity index is 1290. The third kappa shape index (κ3) is 4.53. The fourth-order valence-electron chi connectivity index (χ4n) is 4.59. The summed E-state index contributed by atoms with van der Waals surface area (Å²) in [5.41, 5.74) is 1.88. The van der Waals surface area contributed by atoms with Gasteiger partial charge in [0.2, 0.25) is 11.8 Å². The van der Waals surface area contributed by atoms with Gasteiger partial charge in [-0.2, -0.15) is 0 Å². The Morgan fingerprint density at radius 1 is 1.21 bits per heavy atom. The van der Waals surface area contributed by atoms with E-state index in [0.29, 0.717) is 48.7 Å². The van der Waals surface area contributed by atoms with Gasteiger partial charge in [-0.25, -0.2) is 4.39 Å². The molecule has 0 aromatic heterocycles. The number of morpholine rings is 1. The van der Waals surface area contributed by atoms with E-state index in [1.165, 1.54) is 4.90 Å². The van der Waals surface area contributed by atoms with Gasteiger partial charge in [0.25, 0.3) is 5.91 Å². The first-order valence-electron chi connectivity index (χ1n) is 12.8. The summed E-state index contributed by atoms with van der Waals surface area (Å²) in [6.07, 6.45) is 0.402. The fourth-order valence-corrected chi connectivity index (χ4v) is 4.59.